The summed E-state index contributed by atoms with van der Waals surface area (Å²) in [5, 5.41) is 23.4. The molecule has 0 aromatic carbocycles. The lowest BCUT2D eigenvalue weighted by Gasteiger charge is -2.67. The number of ketones is 1. The first-order valence-corrected chi connectivity index (χ1v) is 13.5. The Morgan fingerprint density at radius 2 is 1.85 bits per heavy atom. The summed E-state index contributed by atoms with van der Waals surface area (Å²) in [5.74, 6) is -7.14. The average molecular weight is 578 g/mol. The Kier molecular flexibility index (Phi) is 6.96. The van der Waals surface area contributed by atoms with Crippen LogP contribution in [0.2, 0.25) is 0 Å². The van der Waals surface area contributed by atoms with Gasteiger partial charge in [0.25, 0.3) is 0 Å². The first-order chi connectivity index (χ1) is 19.2. The van der Waals surface area contributed by atoms with Crippen LogP contribution in [0.1, 0.15) is 40.5 Å². The quantitative estimate of drug-likeness (QED) is 0.214. The number of methoxy groups -OCH3 is 1. The van der Waals surface area contributed by atoms with E-state index in [2.05, 4.69) is 0 Å². The lowest BCUT2D eigenvalue weighted by molar-refractivity contribution is -0.290. The minimum atomic E-state index is -2.26. The number of hydrogen-bond donors (Lipinski definition) is 3. The van der Waals surface area contributed by atoms with Crippen LogP contribution in [0.15, 0.2) is 23.0 Å². The van der Waals surface area contributed by atoms with Crippen LogP contribution in [0.5, 0.6) is 0 Å². The van der Waals surface area contributed by atoms with Crippen LogP contribution >= 0.6 is 0 Å². The maximum absolute atomic E-state index is 13.5. The van der Waals surface area contributed by atoms with Gasteiger partial charge in [0.1, 0.15) is 12.2 Å². The Labute approximate surface area is 235 Å². The SMILES string of the molecule is COC(=O)[C@@]12OC[C@]34[C@H]([C@@H](O)[C@@H]1O)[C@@]1(C)CC(=O)C(OC(=O)CN)=C(C)[C@@H]1C[C@H]3OC(=O)[C@H](OC(=O)C=C(C)C)[C@@H]24. The van der Waals surface area contributed by atoms with Gasteiger partial charge in [-0.3, -0.25) is 9.59 Å². The number of allylic oxidation sites excluding steroid dienone is 3. The molecule has 0 amide bonds. The second-order valence-electron chi connectivity index (χ2n) is 12.2. The topological polar surface area (TPSA) is 198 Å². The zero-order valence-electron chi connectivity index (χ0n) is 23.5. The molecule has 2 saturated heterocycles. The molecule has 13 heteroatoms. The normalized spacial score (nSPS) is 42.4. The highest BCUT2D eigenvalue weighted by molar-refractivity contribution is 5.98. The lowest BCUT2D eigenvalue weighted by Crippen LogP contribution is -2.79. The van der Waals surface area contributed by atoms with E-state index in [9.17, 15) is 34.2 Å². The molecule has 1 spiro atoms. The van der Waals surface area contributed by atoms with Crippen LogP contribution in [0.3, 0.4) is 0 Å². The van der Waals surface area contributed by atoms with Crippen molar-refractivity contribution < 1.29 is 57.9 Å². The number of nitrogens with two attached hydrogens (primary N) is 1. The first-order valence-electron chi connectivity index (χ1n) is 13.5. The average Bonchev–Trinajstić information content (AvgIpc) is 3.21. The number of carbonyl (C=O) groups is 5. The number of Topliss-reactive ketones (excluding diaryl/α,β-unsaturated/α-hetero) is 1. The van der Waals surface area contributed by atoms with Crippen molar-refractivity contribution in [1.82, 2.24) is 0 Å². The molecule has 3 aliphatic carbocycles. The molecular weight excluding hydrogens is 542 g/mol. The molecule has 13 nitrogen and oxygen atoms in total. The maximum Gasteiger partial charge on any atom is 0.348 e. The fourth-order valence-corrected chi connectivity index (χ4v) is 8.53. The van der Waals surface area contributed by atoms with Crippen molar-refractivity contribution in [3.63, 3.8) is 0 Å². The van der Waals surface area contributed by atoms with Gasteiger partial charge >= 0.3 is 23.9 Å². The van der Waals surface area contributed by atoms with E-state index in [-0.39, 0.29) is 25.2 Å². The Hall–Kier alpha value is -3.13. The molecule has 0 unspecified atom stereocenters. The van der Waals surface area contributed by atoms with Crippen molar-refractivity contribution in [2.24, 2.45) is 34.3 Å². The molecule has 224 valence electrons. The summed E-state index contributed by atoms with van der Waals surface area (Å²) in [6.07, 6.45) is -5.12. The summed E-state index contributed by atoms with van der Waals surface area (Å²) in [5.41, 5.74) is 1.70. The first kappa shape index (κ1) is 29.4. The van der Waals surface area contributed by atoms with Crippen molar-refractivity contribution >= 4 is 29.7 Å². The molecule has 2 heterocycles. The smallest absolute Gasteiger partial charge is 0.348 e. The number of ether oxygens (including phenoxy) is 5. The third-order valence-electron chi connectivity index (χ3n) is 9.85. The van der Waals surface area contributed by atoms with E-state index >= 15 is 0 Å². The van der Waals surface area contributed by atoms with Crippen LogP contribution < -0.4 is 5.73 Å². The third kappa shape index (κ3) is 3.78. The van der Waals surface area contributed by atoms with Crippen molar-refractivity contribution in [1.29, 1.82) is 0 Å². The molecule has 2 saturated carbocycles. The van der Waals surface area contributed by atoms with E-state index in [1.807, 2.05) is 0 Å². The van der Waals surface area contributed by atoms with E-state index in [1.54, 1.807) is 27.7 Å². The number of rotatable bonds is 5. The number of esters is 4. The molecule has 5 rings (SSSR count). The Morgan fingerprint density at radius 1 is 1.17 bits per heavy atom. The summed E-state index contributed by atoms with van der Waals surface area (Å²) in [6.45, 7) is 6.02. The highest BCUT2D eigenvalue weighted by atomic mass is 16.6. The summed E-state index contributed by atoms with van der Waals surface area (Å²) in [7, 11) is 1.08. The van der Waals surface area contributed by atoms with Crippen LogP contribution in [0.25, 0.3) is 0 Å². The van der Waals surface area contributed by atoms with Gasteiger partial charge in [-0.15, -0.1) is 0 Å². The number of hydrogen-bond acceptors (Lipinski definition) is 13. The molecule has 5 aliphatic rings. The van der Waals surface area contributed by atoms with Gasteiger partial charge in [0.15, 0.2) is 11.5 Å². The molecule has 0 aromatic heterocycles. The van der Waals surface area contributed by atoms with Crippen molar-refractivity contribution in [3.05, 3.63) is 23.0 Å². The van der Waals surface area contributed by atoms with Crippen molar-refractivity contribution in [2.45, 2.75) is 70.6 Å². The maximum atomic E-state index is 13.5. The molecule has 2 aliphatic heterocycles. The Morgan fingerprint density at radius 3 is 2.46 bits per heavy atom. The van der Waals surface area contributed by atoms with Crippen LogP contribution in [0, 0.1) is 28.6 Å². The molecule has 4 N–H and O–H groups in total. The van der Waals surface area contributed by atoms with Crippen molar-refractivity contribution in [3.8, 4) is 0 Å². The van der Waals surface area contributed by atoms with Crippen molar-refractivity contribution in [2.75, 3.05) is 20.3 Å². The van der Waals surface area contributed by atoms with E-state index < -0.39 is 94.8 Å². The molecule has 41 heavy (non-hydrogen) atoms. The fourth-order valence-electron chi connectivity index (χ4n) is 8.53. The Balaban J connectivity index is 1.70. The summed E-state index contributed by atoms with van der Waals surface area (Å²) in [4.78, 5) is 65.1. The van der Waals surface area contributed by atoms with Gasteiger partial charge < -0.3 is 39.6 Å². The van der Waals surface area contributed by atoms with Crippen LogP contribution in [0.4, 0.5) is 0 Å². The van der Waals surface area contributed by atoms with Gasteiger partial charge in [0.05, 0.1) is 32.3 Å². The van der Waals surface area contributed by atoms with E-state index in [1.165, 1.54) is 6.08 Å². The molecule has 10 atom stereocenters. The number of fused-ring (bicyclic) bond motifs is 2. The van der Waals surface area contributed by atoms with E-state index in [0.29, 0.717) is 11.1 Å². The predicted molar refractivity (Wildman–Crippen MR) is 135 cm³/mol. The lowest BCUT2D eigenvalue weighted by atomic mass is 9.38. The highest BCUT2D eigenvalue weighted by Crippen LogP contribution is 2.72. The molecule has 0 radical (unpaired) electrons. The predicted octanol–water partition coefficient (Wildman–Crippen LogP) is -0.539. The molecular formula is C28H35NO12. The summed E-state index contributed by atoms with van der Waals surface area (Å²) >= 11 is 0. The second kappa shape index (κ2) is 9.72. The minimum Gasteiger partial charge on any atom is -0.467 e. The second-order valence-corrected chi connectivity index (χ2v) is 12.2. The van der Waals surface area contributed by atoms with Gasteiger partial charge in [-0.1, -0.05) is 12.5 Å². The van der Waals surface area contributed by atoms with Gasteiger partial charge in [0.2, 0.25) is 11.7 Å². The number of aliphatic hydroxyl groups excluding tert-OH is 2. The highest BCUT2D eigenvalue weighted by Gasteiger charge is 2.85. The van der Waals surface area contributed by atoms with Crippen LogP contribution in [-0.4, -0.2) is 90.2 Å². The van der Waals surface area contributed by atoms with Gasteiger partial charge in [-0.25, -0.2) is 14.4 Å². The number of carbonyl (C=O) groups excluding carboxylic acids is 5. The van der Waals surface area contributed by atoms with Gasteiger partial charge in [-0.2, -0.15) is 0 Å². The van der Waals surface area contributed by atoms with E-state index in [0.717, 1.165) is 7.11 Å². The van der Waals surface area contributed by atoms with Crippen LogP contribution in [-0.2, 0) is 47.7 Å². The summed E-state index contributed by atoms with van der Waals surface area (Å²) < 4.78 is 27.9. The molecule has 2 bridgehead atoms. The van der Waals surface area contributed by atoms with Gasteiger partial charge in [-0.05, 0) is 44.1 Å². The molecule has 4 fully saturated rings. The van der Waals surface area contributed by atoms with E-state index in [4.69, 9.17) is 29.4 Å². The standard InChI is InChI=1S/C28H35NO12/c1-11(2)6-16(31)40-20-22-27-10-38-28(22,25(36)37-5)23(34)18(33)21(27)26(4)8-14(30)19(41-17(32)9-29)12(3)13(26)7-15(27)39-24(20)35/h6,13,15,18,20-23,33-34H,7-10,29H2,1-5H3/t13-,15+,18+,20+,21+,22+,23-,26-,27+,28-/m0/s1. The zero-order chi connectivity index (χ0) is 30.2. The monoisotopic (exact) mass is 577 g/mol. The Bertz CT molecular complexity index is 1280. The third-order valence-corrected chi connectivity index (χ3v) is 9.85. The molecule has 0 aromatic rings. The number of aliphatic hydroxyl groups is 2. The minimum absolute atomic E-state index is 0.121. The fraction of sp³-hybridized carbons (Fsp3) is 0.679. The van der Waals surface area contributed by atoms with Gasteiger partial charge in [0, 0.05) is 23.8 Å². The summed E-state index contributed by atoms with van der Waals surface area (Å²) in [6, 6.07) is 0. The zero-order valence-corrected chi connectivity index (χ0v) is 23.5. The largest absolute Gasteiger partial charge is 0.467 e.